The summed E-state index contributed by atoms with van der Waals surface area (Å²) in [6, 6.07) is 0. The Morgan fingerprint density at radius 2 is 1.48 bits per heavy atom. The van der Waals surface area contributed by atoms with Crippen LogP contribution in [-0.4, -0.2) is 24.3 Å². The molecule has 2 aliphatic heterocycles. The standard InChI is InChI=1S/C30H48O3/c1-25(2)14-16-30-17-15-28(6)19(23(30)24(25)32-18-30)8-9-21-27(5)12-11-22(31)33-26(3,4)20(27)10-13-29(21,28)7/h19-21,23-24H,8-18H2,1-7H3/t19-,20+,21-,23-,24-,27-,28-,29+,30+/m1/s1. The number of esters is 1. The third-order valence-electron chi connectivity index (χ3n) is 13.5. The summed E-state index contributed by atoms with van der Waals surface area (Å²) in [5.74, 6) is 2.71. The maximum Gasteiger partial charge on any atom is 0.306 e. The van der Waals surface area contributed by atoms with Gasteiger partial charge in [0.2, 0.25) is 0 Å². The van der Waals surface area contributed by atoms with Gasteiger partial charge in [0.05, 0.1) is 12.7 Å². The fourth-order valence-corrected chi connectivity index (χ4v) is 11.6. The van der Waals surface area contributed by atoms with Crippen LogP contribution < -0.4 is 0 Å². The molecule has 3 heteroatoms. The average Bonchev–Trinajstić information content (AvgIpc) is 3.01. The molecule has 0 spiro atoms. The van der Waals surface area contributed by atoms with Crippen molar-refractivity contribution in [1.29, 1.82) is 0 Å². The van der Waals surface area contributed by atoms with Crippen molar-refractivity contribution in [2.24, 2.45) is 50.7 Å². The minimum atomic E-state index is -0.349. The molecule has 0 amide bonds. The molecule has 186 valence electrons. The number of rotatable bonds is 0. The Balaban J connectivity index is 1.40. The van der Waals surface area contributed by atoms with E-state index in [1.807, 2.05) is 0 Å². The van der Waals surface area contributed by atoms with Crippen molar-refractivity contribution >= 4 is 5.97 Å². The van der Waals surface area contributed by atoms with Crippen molar-refractivity contribution < 1.29 is 14.3 Å². The van der Waals surface area contributed by atoms with Crippen molar-refractivity contribution in [1.82, 2.24) is 0 Å². The molecule has 6 fully saturated rings. The van der Waals surface area contributed by atoms with Gasteiger partial charge in [0.25, 0.3) is 0 Å². The van der Waals surface area contributed by atoms with Crippen LogP contribution in [0.25, 0.3) is 0 Å². The summed E-state index contributed by atoms with van der Waals surface area (Å²) >= 11 is 0. The first-order chi connectivity index (χ1) is 15.3. The van der Waals surface area contributed by atoms with Gasteiger partial charge in [0, 0.05) is 12.3 Å². The van der Waals surface area contributed by atoms with E-state index >= 15 is 0 Å². The van der Waals surface area contributed by atoms with Gasteiger partial charge in [-0.25, -0.2) is 0 Å². The van der Waals surface area contributed by atoms with Crippen molar-refractivity contribution in [2.75, 3.05) is 6.61 Å². The third-order valence-corrected chi connectivity index (χ3v) is 13.5. The van der Waals surface area contributed by atoms with Crippen LogP contribution in [0.3, 0.4) is 0 Å². The summed E-state index contributed by atoms with van der Waals surface area (Å²) in [5, 5.41) is 0. The lowest BCUT2D eigenvalue weighted by atomic mass is 9.32. The minimum absolute atomic E-state index is 0.0231. The smallest absolute Gasteiger partial charge is 0.306 e. The maximum atomic E-state index is 12.6. The highest BCUT2D eigenvalue weighted by Gasteiger charge is 2.72. The number of ether oxygens (including phenoxy) is 2. The summed E-state index contributed by atoms with van der Waals surface area (Å²) in [5.41, 5.74) is 1.32. The predicted molar refractivity (Wildman–Crippen MR) is 131 cm³/mol. The van der Waals surface area contributed by atoms with Crippen molar-refractivity contribution in [3.05, 3.63) is 0 Å². The molecular formula is C30H48O3. The minimum Gasteiger partial charge on any atom is -0.459 e. The molecule has 4 saturated carbocycles. The molecule has 2 saturated heterocycles. The summed E-state index contributed by atoms with van der Waals surface area (Å²) in [6.07, 6.45) is 12.7. The Kier molecular flexibility index (Phi) is 4.57. The fourth-order valence-electron chi connectivity index (χ4n) is 11.6. The van der Waals surface area contributed by atoms with E-state index in [0.717, 1.165) is 24.9 Å². The fraction of sp³-hybridized carbons (Fsp3) is 0.967. The molecule has 0 radical (unpaired) electrons. The van der Waals surface area contributed by atoms with Crippen molar-refractivity contribution in [2.45, 2.75) is 124 Å². The lowest BCUT2D eigenvalue weighted by Crippen LogP contribution is -2.66. The second-order valence-corrected chi connectivity index (χ2v) is 15.4. The van der Waals surface area contributed by atoms with Crippen LogP contribution in [0.2, 0.25) is 0 Å². The Bertz CT molecular complexity index is 861. The molecule has 2 bridgehead atoms. The lowest BCUT2D eigenvalue weighted by Gasteiger charge is -2.72. The van der Waals surface area contributed by atoms with Crippen LogP contribution in [0, 0.1) is 50.7 Å². The molecule has 0 aromatic carbocycles. The topological polar surface area (TPSA) is 35.5 Å². The van der Waals surface area contributed by atoms with Gasteiger partial charge in [-0.15, -0.1) is 0 Å². The third kappa shape index (κ3) is 2.70. The average molecular weight is 457 g/mol. The second kappa shape index (κ2) is 6.60. The predicted octanol–water partition coefficient (Wildman–Crippen LogP) is 7.17. The molecule has 0 unspecified atom stereocenters. The molecule has 0 aromatic heterocycles. The molecule has 0 aromatic rings. The van der Waals surface area contributed by atoms with Gasteiger partial charge < -0.3 is 9.47 Å². The van der Waals surface area contributed by atoms with Gasteiger partial charge in [0.1, 0.15) is 5.60 Å². The van der Waals surface area contributed by atoms with Gasteiger partial charge in [-0.05, 0) is 116 Å². The molecule has 9 atom stereocenters. The molecular weight excluding hydrogens is 408 g/mol. The zero-order valence-electron chi connectivity index (χ0n) is 22.4. The maximum absolute atomic E-state index is 12.6. The van der Waals surface area contributed by atoms with Crippen LogP contribution >= 0.6 is 0 Å². The highest BCUT2D eigenvalue weighted by molar-refractivity contribution is 5.70. The molecule has 33 heavy (non-hydrogen) atoms. The largest absolute Gasteiger partial charge is 0.459 e. The summed E-state index contributed by atoms with van der Waals surface area (Å²) in [4.78, 5) is 12.6. The first-order valence-corrected chi connectivity index (χ1v) is 14.1. The van der Waals surface area contributed by atoms with E-state index in [-0.39, 0.29) is 17.0 Å². The second-order valence-electron chi connectivity index (χ2n) is 15.4. The highest BCUT2D eigenvalue weighted by Crippen LogP contribution is 2.77. The molecule has 3 nitrogen and oxygen atoms in total. The summed E-state index contributed by atoms with van der Waals surface area (Å²) < 4.78 is 12.8. The normalized spacial score (nSPS) is 56.5. The summed E-state index contributed by atoms with van der Waals surface area (Å²) in [6.45, 7) is 18.3. The Morgan fingerprint density at radius 1 is 0.758 bits per heavy atom. The van der Waals surface area contributed by atoms with Crippen LogP contribution in [0.5, 0.6) is 0 Å². The zero-order valence-corrected chi connectivity index (χ0v) is 22.4. The molecule has 0 N–H and O–H groups in total. The first kappa shape index (κ1) is 22.9. The van der Waals surface area contributed by atoms with E-state index in [0.29, 0.717) is 46.0 Å². The number of carbonyl (C=O) groups is 1. The Hall–Kier alpha value is -0.570. The van der Waals surface area contributed by atoms with E-state index in [1.165, 1.54) is 51.4 Å². The van der Waals surface area contributed by atoms with Gasteiger partial charge in [-0.3, -0.25) is 4.79 Å². The number of hydrogen-bond donors (Lipinski definition) is 0. The van der Waals surface area contributed by atoms with E-state index in [4.69, 9.17) is 9.47 Å². The molecule has 2 heterocycles. The SMILES string of the molecule is CC1(C)CC[C@@]23CC[C@]4(C)[C@H](CC[C@@H]5[C@]6(C)CCC(=O)OC(C)(C)[C@@H]6CC[C@@]54C)[C@@H]2[C@H]1OC3. The van der Waals surface area contributed by atoms with Gasteiger partial charge in [-0.1, -0.05) is 34.6 Å². The van der Waals surface area contributed by atoms with Crippen molar-refractivity contribution in [3.63, 3.8) is 0 Å². The lowest BCUT2D eigenvalue weighted by molar-refractivity contribution is -0.239. The first-order valence-electron chi connectivity index (χ1n) is 14.1. The van der Waals surface area contributed by atoms with E-state index in [2.05, 4.69) is 48.5 Å². The summed E-state index contributed by atoms with van der Waals surface area (Å²) in [7, 11) is 0. The zero-order chi connectivity index (χ0) is 23.7. The van der Waals surface area contributed by atoms with Crippen LogP contribution in [0.15, 0.2) is 0 Å². The van der Waals surface area contributed by atoms with Gasteiger partial charge in [0.15, 0.2) is 0 Å². The number of carbonyl (C=O) groups excluding carboxylic acids is 1. The highest BCUT2D eigenvalue weighted by atomic mass is 16.6. The number of fused-ring (bicyclic) bond motifs is 5. The van der Waals surface area contributed by atoms with E-state index in [9.17, 15) is 4.79 Å². The quantitative estimate of drug-likeness (QED) is 0.362. The van der Waals surface area contributed by atoms with Crippen LogP contribution in [-0.2, 0) is 14.3 Å². The Labute approximate surface area is 202 Å². The monoisotopic (exact) mass is 456 g/mol. The number of hydrogen-bond acceptors (Lipinski definition) is 3. The molecule has 4 aliphatic carbocycles. The van der Waals surface area contributed by atoms with Gasteiger partial charge in [-0.2, -0.15) is 0 Å². The number of cyclic esters (lactones) is 1. The Morgan fingerprint density at radius 3 is 2.24 bits per heavy atom. The van der Waals surface area contributed by atoms with Crippen LogP contribution in [0.1, 0.15) is 113 Å². The van der Waals surface area contributed by atoms with Crippen LogP contribution in [0.4, 0.5) is 0 Å². The molecule has 6 aliphatic rings. The van der Waals surface area contributed by atoms with Crippen molar-refractivity contribution in [3.8, 4) is 0 Å². The van der Waals surface area contributed by atoms with E-state index in [1.54, 1.807) is 0 Å². The molecule has 6 rings (SSSR count). The van der Waals surface area contributed by atoms with E-state index < -0.39 is 0 Å². The van der Waals surface area contributed by atoms with Gasteiger partial charge >= 0.3 is 5.97 Å².